The van der Waals surface area contributed by atoms with E-state index in [0.29, 0.717) is 23.9 Å². The number of nitrogens with zero attached hydrogens (tertiary/aromatic N) is 4. The predicted octanol–water partition coefficient (Wildman–Crippen LogP) is 0.606. The van der Waals surface area contributed by atoms with Crippen molar-refractivity contribution in [3.63, 3.8) is 0 Å². The Balaban J connectivity index is 2.40. The lowest BCUT2D eigenvalue weighted by atomic mass is 10.3. The van der Waals surface area contributed by atoms with E-state index in [4.69, 9.17) is 10.5 Å². The molecule has 0 aliphatic rings. The zero-order valence-electron chi connectivity index (χ0n) is 9.21. The number of rotatable bonds is 3. The van der Waals surface area contributed by atoms with Gasteiger partial charge in [-0.05, 0) is 6.07 Å². The van der Waals surface area contributed by atoms with Crippen molar-refractivity contribution in [2.45, 2.75) is 6.61 Å². The Morgan fingerprint density at radius 3 is 2.88 bits per heavy atom. The van der Waals surface area contributed by atoms with E-state index in [1.165, 1.54) is 0 Å². The first-order valence-electron chi connectivity index (χ1n) is 4.81. The number of nitrogens with two attached hydrogens (primary N) is 1. The molecule has 2 N–H and O–H groups in total. The minimum absolute atomic E-state index is 0.409. The molecule has 0 amide bonds. The Hall–Kier alpha value is -1.95. The Morgan fingerprint density at radius 2 is 2.25 bits per heavy atom. The number of hydrogen-bond donors (Lipinski definition) is 1. The van der Waals surface area contributed by atoms with E-state index in [2.05, 4.69) is 15.1 Å². The molecule has 84 valence electrons. The molecule has 0 aliphatic heterocycles. The van der Waals surface area contributed by atoms with Crippen molar-refractivity contribution in [1.82, 2.24) is 19.7 Å². The van der Waals surface area contributed by atoms with Gasteiger partial charge in [-0.1, -0.05) is 0 Å². The molecule has 0 unspecified atom stereocenters. The van der Waals surface area contributed by atoms with E-state index in [1.807, 2.05) is 19.3 Å². The summed E-state index contributed by atoms with van der Waals surface area (Å²) in [6, 6.07) is 3.53. The van der Waals surface area contributed by atoms with Gasteiger partial charge in [-0.25, -0.2) is 9.97 Å². The summed E-state index contributed by atoms with van der Waals surface area (Å²) in [5.41, 5.74) is 7.14. The van der Waals surface area contributed by atoms with Crippen LogP contribution in [0.25, 0.3) is 11.5 Å². The van der Waals surface area contributed by atoms with Crippen molar-refractivity contribution in [3.8, 4) is 11.5 Å². The van der Waals surface area contributed by atoms with E-state index in [9.17, 15) is 0 Å². The third kappa shape index (κ3) is 2.17. The number of methoxy groups -OCH3 is 1. The highest BCUT2D eigenvalue weighted by Crippen LogP contribution is 2.14. The number of nitrogen functional groups attached to an aromatic ring is 1. The van der Waals surface area contributed by atoms with Gasteiger partial charge in [0.25, 0.3) is 0 Å². The van der Waals surface area contributed by atoms with Gasteiger partial charge in [0, 0.05) is 26.4 Å². The quantitative estimate of drug-likeness (QED) is 0.818. The zero-order valence-corrected chi connectivity index (χ0v) is 9.21. The highest BCUT2D eigenvalue weighted by Gasteiger charge is 2.07. The van der Waals surface area contributed by atoms with E-state index in [0.717, 1.165) is 5.69 Å². The van der Waals surface area contributed by atoms with Crippen molar-refractivity contribution in [2.24, 2.45) is 7.05 Å². The smallest absolute Gasteiger partial charge is 0.182 e. The first kappa shape index (κ1) is 10.6. The molecule has 0 bridgehead atoms. The lowest BCUT2D eigenvalue weighted by molar-refractivity contribution is 0.181. The molecule has 0 aromatic carbocycles. The summed E-state index contributed by atoms with van der Waals surface area (Å²) in [7, 11) is 3.45. The highest BCUT2D eigenvalue weighted by molar-refractivity contribution is 5.51. The molecule has 16 heavy (non-hydrogen) atoms. The molecule has 6 heteroatoms. The molecular weight excluding hydrogens is 206 g/mol. The molecule has 0 spiro atoms. The van der Waals surface area contributed by atoms with Crippen molar-refractivity contribution < 1.29 is 4.74 Å². The second kappa shape index (κ2) is 4.28. The number of aromatic nitrogens is 4. The fourth-order valence-corrected chi connectivity index (χ4v) is 1.39. The van der Waals surface area contributed by atoms with Crippen molar-refractivity contribution >= 4 is 5.82 Å². The standard InChI is InChI=1S/C10H13N5O/c1-15-4-3-8(14-15)10-12-7(6-16-2)5-9(11)13-10/h3-5H,6H2,1-2H3,(H2,11,12,13). The predicted molar refractivity (Wildman–Crippen MR) is 59.4 cm³/mol. The van der Waals surface area contributed by atoms with Gasteiger partial charge in [0.2, 0.25) is 0 Å². The average molecular weight is 219 g/mol. The summed E-state index contributed by atoms with van der Waals surface area (Å²) in [5.74, 6) is 0.940. The van der Waals surface area contributed by atoms with Crippen LogP contribution in [-0.4, -0.2) is 26.9 Å². The Kier molecular flexibility index (Phi) is 2.82. The van der Waals surface area contributed by atoms with E-state index in [1.54, 1.807) is 17.9 Å². The number of aryl methyl sites for hydroxylation is 1. The maximum atomic E-state index is 5.69. The van der Waals surface area contributed by atoms with Gasteiger partial charge in [-0.2, -0.15) is 5.10 Å². The molecule has 2 aromatic rings. The number of hydrogen-bond acceptors (Lipinski definition) is 5. The van der Waals surface area contributed by atoms with Crippen LogP contribution < -0.4 is 5.73 Å². The van der Waals surface area contributed by atoms with Crippen LogP contribution in [0.1, 0.15) is 5.69 Å². The van der Waals surface area contributed by atoms with E-state index >= 15 is 0 Å². The first-order chi connectivity index (χ1) is 7.69. The summed E-state index contributed by atoms with van der Waals surface area (Å²) < 4.78 is 6.70. The third-order valence-electron chi connectivity index (χ3n) is 2.03. The van der Waals surface area contributed by atoms with Crippen LogP contribution >= 0.6 is 0 Å². The minimum atomic E-state index is 0.409. The van der Waals surface area contributed by atoms with Gasteiger partial charge in [0.15, 0.2) is 5.82 Å². The average Bonchev–Trinajstić information content (AvgIpc) is 2.64. The van der Waals surface area contributed by atoms with Crippen molar-refractivity contribution in [3.05, 3.63) is 24.0 Å². The lowest BCUT2D eigenvalue weighted by Crippen LogP contribution is -2.02. The lowest BCUT2D eigenvalue weighted by Gasteiger charge is -2.02. The third-order valence-corrected chi connectivity index (χ3v) is 2.03. The highest BCUT2D eigenvalue weighted by atomic mass is 16.5. The van der Waals surface area contributed by atoms with Gasteiger partial charge in [-0.15, -0.1) is 0 Å². The normalized spacial score (nSPS) is 10.6. The summed E-state index contributed by atoms with van der Waals surface area (Å²) in [6.45, 7) is 0.409. The summed E-state index contributed by atoms with van der Waals surface area (Å²) in [6.07, 6.45) is 1.83. The number of anilines is 1. The minimum Gasteiger partial charge on any atom is -0.384 e. The van der Waals surface area contributed by atoms with Crippen LogP contribution in [-0.2, 0) is 18.4 Å². The summed E-state index contributed by atoms with van der Waals surface area (Å²) >= 11 is 0. The maximum absolute atomic E-state index is 5.69. The SMILES string of the molecule is COCc1cc(N)nc(-c2ccn(C)n2)n1. The molecule has 0 saturated carbocycles. The second-order valence-corrected chi connectivity index (χ2v) is 3.42. The monoisotopic (exact) mass is 219 g/mol. The maximum Gasteiger partial charge on any atom is 0.182 e. The molecule has 2 rings (SSSR count). The van der Waals surface area contributed by atoms with Gasteiger partial charge in [0.1, 0.15) is 11.5 Å². The first-order valence-corrected chi connectivity index (χ1v) is 4.81. The molecule has 0 aliphatic carbocycles. The van der Waals surface area contributed by atoms with Crippen LogP contribution in [0.5, 0.6) is 0 Å². The molecule has 6 nitrogen and oxygen atoms in total. The molecular formula is C10H13N5O. The zero-order chi connectivity index (χ0) is 11.5. The Labute approximate surface area is 93.1 Å². The molecule has 2 heterocycles. The van der Waals surface area contributed by atoms with Crippen LogP contribution in [0.3, 0.4) is 0 Å². The van der Waals surface area contributed by atoms with Gasteiger partial charge >= 0.3 is 0 Å². The fourth-order valence-electron chi connectivity index (χ4n) is 1.39. The van der Waals surface area contributed by atoms with Crippen molar-refractivity contribution in [1.29, 1.82) is 0 Å². The van der Waals surface area contributed by atoms with E-state index < -0.39 is 0 Å². The van der Waals surface area contributed by atoms with Crippen LogP contribution in [0.4, 0.5) is 5.82 Å². The topological polar surface area (TPSA) is 78.9 Å². The van der Waals surface area contributed by atoms with Gasteiger partial charge in [-0.3, -0.25) is 4.68 Å². The largest absolute Gasteiger partial charge is 0.384 e. The Bertz CT molecular complexity index is 494. The van der Waals surface area contributed by atoms with Crippen molar-refractivity contribution in [2.75, 3.05) is 12.8 Å². The fraction of sp³-hybridized carbons (Fsp3) is 0.300. The van der Waals surface area contributed by atoms with Crippen LogP contribution in [0.2, 0.25) is 0 Å². The Morgan fingerprint density at radius 1 is 1.44 bits per heavy atom. The van der Waals surface area contributed by atoms with Gasteiger partial charge in [0.05, 0.1) is 12.3 Å². The molecule has 0 radical (unpaired) electrons. The summed E-state index contributed by atoms with van der Waals surface area (Å²) in [4.78, 5) is 8.45. The molecule has 2 aromatic heterocycles. The number of ether oxygens (including phenoxy) is 1. The van der Waals surface area contributed by atoms with Gasteiger partial charge < -0.3 is 10.5 Å². The molecule has 0 fully saturated rings. The van der Waals surface area contributed by atoms with E-state index in [-0.39, 0.29) is 0 Å². The molecule has 0 saturated heterocycles. The van der Waals surface area contributed by atoms with Crippen LogP contribution in [0.15, 0.2) is 18.3 Å². The molecule has 0 atom stereocenters. The second-order valence-electron chi connectivity index (χ2n) is 3.42. The summed E-state index contributed by atoms with van der Waals surface area (Å²) in [5, 5.41) is 4.22. The van der Waals surface area contributed by atoms with Crippen LogP contribution in [0, 0.1) is 0 Å².